The summed E-state index contributed by atoms with van der Waals surface area (Å²) >= 11 is 0. The van der Waals surface area contributed by atoms with Gasteiger partial charge in [-0.1, -0.05) is 12.1 Å². The van der Waals surface area contributed by atoms with Gasteiger partial charge in [0.2, 0.25) is 6.04 Å². The summed E-state index contributed by atoms with van der Waals surface area (Å²) < 4.78 is 1.60. The van der Waals surface area contributed by atoms with E-state index in [2.05, 4.69) is 5.32 Å². The van der Waals surface area contributed by atoms with Crippen LogP contribution in [0, 0.1) is 0 Å². The number of nitrogens with one attached hydrogen (secondary N) is 1. The second-order valence-corrected chi connectivity index (χ2v) is 5.21. The van der Waals surface area contributed by atoms with Gasteiger partial charge in [-0.2, -0.15) is 4.57 Å². The van der Waals surface area contributed by atoms with E-state index in [0.717, 1.165) is 0 Å². The SMILES string of the molecule is CC(=O)c1cccc(NC(=O)[C@H](C)[n+]2cccc(C(N)=O)c2)c1. The molecule has 0 aliphatic rings. The van der Waals surface area contributed by atoms with Gasteiger partial charge in [-0.05, 0) is 25.1 Å². The zero-order valence-corrected chi connectivity index (χ0v) is 12.9. The molecule has 0 aliphatic carbocycles. The van der Waals surface area contributed by atoms with Gasteiger partial charge in [-0.25, -0.2) is 0 Å². The van der Waals surface area contributed by atoms with Crippen molar-refractivity contribution in [2.75, 3.05) is 5.32 Å². The lowest BCUT2D eigenvalue weighted by Gasteiger charge is -2.09. The smallest absolute Gasteiger partial charge is 0.293 e. The van der Waals surface area contributed by atoms with Gasteiger partial charge in [-0.15, -0.1) is 0 Å². The van der Waals surface area contributed by atoms with Crippen LogP contribution in [0.2, 0.25) is 0 Å². The third kappa shape index (κ3) is 4.00. The number of anilines is 1. The van der Waals surface area contributed by atoms with E-state index < -0.39 is 11.9 Å². The fourth-order valence-electron chi connectivity index (χ4n) is 2.08. The standard InChI is InChI=1S/C17H17N3O3/c1-11(20-8-4-6-14(10-20)16(18)22)17(23)19-15-7-3-5-13(9-15)12(2)21/h3-11H,1-2H3,(H2-,18,19,22,23)/p+1/t11-/m0/s1. The molecule has 0 radical (unpaired) electrons. The quantitative estimate of drug-likeness (QED) is 0.647. The fraction of sp³-hybridized carbons (Fsp3) is 0.176. The largest absolute Gasteiger partial charge is 0.365 e. The molecule has 0 fully saturated rings. The maximum absolute atomic E-state index is 12.3. The number of benzene rings is 1. The Bertz CT molecular complexity index is 771. The molecule has 0 saturated carbocycles. The number of hydrogen-bond donors (Lipinski definition) is 2. The van der Waals surface area contributed by atoms with Crippen molar-refractivity contribution in [1.29, 1.82) is 0 Å². The Hall–Kier alpha value is -3.02. The van der Waals surface area contributed by atoms with Crippen LogP contribution in [-0.2, 0) is 4.79 Å². The van der Waals surface area contributed by atoms with E-state index in [1.54, 1.807) is 54.1 Å². The Balaban J connectivity index is 2.17. The van der Waals surface area contributed by atoms with Crippen LogP contribution in [0.25, 0.3) is 0 Å². The molecule has 0 bridgehead atoms. The highest BCUT2D eigenvalue weighted by atomic mass is 16.2. The number of carbonyl (C=O) groups is 3. The van der Waals surface area contributed by atoms with Crippen molar-refractivity contribution < 1.29 is 19.0 Å². The van der Waals surface area contributed by atoms with E-state index in [4.69, 9.17) is 5.73 Å². The number of ketones is 1. The van der Waals surface area contributed by atoms with Crippen molar-refractivity contribution in [3.8, 4) is 0 Å². The minimum absolute atomic E-state index is 0.0716. The molecule has 2 amide bonds. The Morgan fingerprint density at radius 3 is 2.48 bits per heavy atom. The molecule has 2 rings (SSSR count). The predicted molar refractivity (Wildman–Crippen MR) is 84.9 cm³/mol. The van der Waals surface area contributed by atoms with Crippen LogP contribution in [0.3, 0.4) is 0 Å². The first-order chi connectivity index (χ1) is 10.9. The fourth-order valence-corrected chi connectivity index (χ4v) is 2.08. The molecule has 118 valence electrons. The monoisotopic (exact) mass is 312 g/mol. The lowest BCUT2D eigenvalue weighted by atomic mass is 10.1. The molecule has 6 nitrogen and oxygen atoms in total. The molecular formula is C17H18N3O3+. The first-order valence-electron chi connectivity index (χ1n) is 7.11. The van der Waals surface area contributed by atoms with Crippen LogP contribution in [0.5, 0.6) is 0 Å². The molecule has 1 atom stereocenters. The number of nitrogens with zero attached hydrogens (tertiary/aromatic N) is 1. The van der Waals surface area contributed by atoms with Gasteiger partial charge in [0.15, 0.2) is 18.2 Å². The molecular weight excluding hydrogens is 294 g/mol. The van der Waals surface area contributed by atoms with Gasteiger partial charge in [0.25, 0.3) is 11.8 Å². The lowest BCUT2D eigenvalue weighted by Crippen LogP contribution is -2.44. The molecule has 0 unspecified atom stereocenters. The summed E-state index contributed by atoms with van der Waals surface area (Å²) in [6.45, 7) is 3.17. The van der Waals surface area contributed by atoms with Crippen molar-refractivity contribution in [2.45, 2.75) is 19.9 Å². The Morgan fingerprint density at radius 2 is 1.83 bits per heavy atom. The zero-order valence-electron chi connectivity index (χ0n) is 12.9. The molecule has 1 aromatic heterocycles. The Morgan fingerprint density at radius 1 is 1.13 bits per heavy atom. The van der Waals surface area contributed by atoms with Crippen LogP contribution >= 0.6 is 0 Å². The summed E-state index contributed by atoms with van der Waals surface area (Å²) in [5.41, 5.74) is 6.64. The predicted octanol–water partition coefficient (Wildman–Crippen LogP) is 1.48. The maximum Gasteiger partial charge on any atom is 0.293 e. The minimum Gasteiger partial charge on any atom is -0.365 e. The van der Waals surface area contributed by atoms with Crippen molar-refractivity contribution in [2.24, 2.45) is 5.73 Å². The van der Waals surface area contributed by atoms with Gasteiger partial charge in [0.1, 0.15) is 5.56 Å². The number of nitrogens with two attached hydrogens (primary N) is 1. The Kier molecular flexibility index (Phi) is 4.85. The summed E-state index contributed by atoms with van der Waals surface area (Å²) in [7, 11) is 0. The highest BCUT2D eigenvalue weighted by molar-refractivity contribution is 5.97. The third-order valence-corrected chi connectivity index (χ3v) is 3.47. The number of hydrogen-bond acceptors (Lipinski definition) is 3. The minimum atomic E-state index is -0.555. The van der Waals surface area contributed by atoms with Crippen LogP contribution in [-0.4, -0.2) is 17.6 Å². The molecule has 0 saturated heterocycles. The average molecular weight is 312 g/mol. The molecule has 23 heavy (non-hydrogen) atoms. The highest BCUT2D eigenvalue weighted by Gasteiger charge is 2.23. The first kappa shape index (κ1) is 16.4. The molecule has 1 aromatic carbocycles. The number of pyridine rings is 1. The summed E-state index contributed by atoms with van der Waals surface area (Å²) in [6, 6.07) is 9.42. The van der Waals surface area contributed by atoms with E-state index >= 15 is 0 Å². The first-order valence-corrected chi connectivity index (χ1v) is 7.11. The van der Waals surface area contributed by atoms with E-state index in [-0.39, 0.29) is 11.7 Å². The molecule has 6 heteroatoms. The van der Waals surface area contributed by atoms with Crippen LogP contribution in [0.1, 0.15) is 40.6 Å². The van der Waals surface area contributed by atoms with Crippen LogP contribution in [0.4, 0.5) is 5.69 Å². The number of Topliss-reactive ketones (excluding diaryl/α,β-unsaturated/α-hetero) is 1. The number of aromatic nitrogens is 1. The second-order valence-electron chi connectivity index (χ2n) is 5.21. The lowest BCUT2D eigenvalue weighted by molar-refractivity contribution is -0.705. The van der Waals surface area contributed by atoms with E-state index in [9.17, 15) is 14.4 Å². The highest BCUT2D eigenvalue weighted by Crippen LogP contribution is 2.12. The summed E-state index contributed by atoms with van der Waals surface area (Å²) in [4.78, 5) is 34.9. The molecule has 0 aliphatic heterocycles. The van der Waals surface area contributed by atoms with Crippen LogP contribution in [0.15, 0.2) is 48.8 Å². The molecule has 2 aromatic rings. The maximum atomic E-state index is 12.3. The third-order valence-electron chi connectivity index (χ3n) is 3.47. The number of carbonyl (C=O) groups excluding carboxylic acids is 3. The van der Waals surface area contributed by atoms with Crippen LogP contribution < -0.4 is 15.6 Å². The van der Waals surface area contributed by atoms with Crippen molar-refractivity contribution in [3.63, 3.8) is 0 Å². The van der Waals surface area contributed by atoms with E-state index in [1.165, 1.54) is 13.1 Å². The van der Waals surface area contributed by atoms with Crippen molar-refractivity contribution in [1.82, 2.24) is 0 Å². The molecule has 1 heterocycles. The van der Waals surface area contributed by atoms with Gasteiger partial charge < -0.3 is 11.1 Å². The normalized spacial score (nSPS) is 11.6. The number of rotatable bonds is 5. The summed E-state index contributed by atoms with van der Waals surface area (Å²) in [5, 5.41) is 2.76. The molecule has 0 spiro atoms. The van der Waals surface area contributed by atoms with Crippen molar-refractivity contribution >= 4 is 23.3 Å². The molecule has 3 N–H and O–H groups in total. The van der Waals surface area contributed by atoms with Gasteiger partial charge in [-0.3, -0.25) is 14.4 Å². The van der Waals surface area contributed by atoms with Gasteiger partial charge in [0, 0.05) is 24.2 Å². The second kappa shape index (κ2) is 6.83. The summed E-state index contributed by atoms with van der Waals surface area (Å²) in [6.07, 6.45) is 3.21. The summed E-state index contributed by atoms with van der Waals surface area (Å²) in [5.74, 6) is -0.892. The topological polar surface area (TPSA) is 93.1 Å². The Labute approximate surface area is 133 Å². The van der Waals surface area contributed by atoms with E-state index in [1.807, 2.05) is 0 Å². The van der Waals surface area contributed by atoms with Gasteiger partial charge >= 0.3 is 0 Å². The number of primary amides is 1. The number of amides is 2. The van der Waals surface area contributed by atoms with Crippen molar-refractivity contribution in [3.05, 3.63) is 59.9 Å². The zero-order chi connectivity index (χ0) is 17.0. The van der Waals surface area contributed by atoms with Gasteiger partial charge in [0.05, 0.1) is 0 Å². The van der Waals surface area contributed by atoms with E-state index in [0.29, 0.717) is 16.8 Å². The average Bonchev–Trinajstić information content (AvgIpc) is 2.54.